The van der Waals surface area contributed by atoms with E-state index < -0.39 is 6.10 Å². The van der Waals surface area contributed by atoms with Crippen molar-refractivity contribution in [2.45, 2.75) is 44.4 Å². The van der Waals surface area contributed by atoms with E-state index in [-0.39, 0.29) is 17.9 Å². The fourth-order valence-corrected chi connectivity index (χ4v) is 4.34. The molecule has 0 saturated heterocycles. The first-order chi connectivity index (χ1) is 13.1. The van der Waals surface area contributed by atoms with Crippen LogP contribution in [0.2, 0.25) is 5.15 Å². The highest BCUT2D eigenvalue weighted by atomic mass is 35.5. The number of carbonyl (C=O) groups excluding carboxylic acids is 1. The Labute approximate surface area is 164 Å². The molecule has 0 fully saturated rings. The maximum Gasteiger partial charge on any atom is 0.254 e. The van der Waals surface area contributed by atoms with Gasteiger partial charge in [-0.25, -0.2) is 4.98 Å². The van der Waals surface area contributed by atoms with Gasteiger partial charge in [0.1, 0.15) is 5.15 Å². The lowest BCUT2D eigenvalue weighted by Gasteiger charge is -2.37. The number of hydrogen-bond donors (Lipinski definition) is 2. The van der Waals surface area contributed by atoms with Gasteiger partial charge in [0.25, 0.3) is 5.91 Å². The highest BCUT2D eigenvalue weighted by Gasteiger charge is 2.34. The van der Waals surface area contributed by atoms with Gasteiger partial charge in [0.05, 0.1) is 6.10 Å². The first-order valence-electron chi connectivity index (χ1n) is 9.49. The summed E-state index contributed by atoms with van der Waals surface area (Å²) in [6, 6.07) is 9.87. The summed E-state index contributed by atoms with van der Waals surface area (Å²) in [7, 11) is 0. The Bertz CT molecular complexity index is 857. The van der Waals surface area contributed by atoms with E-state index in [1.807, 2.05) is 12.1 Å². The zero-order valence-electron chi connectivity index (χ0n) is 15.4. The topological polar surface area (TPSA) is 65.5 Å². The van der Waals surface area contributed by atoms with Crippen molar-refractivity contribution >= 4 is 17.5 Å². The normalized spacial score (nSPS) is 22.9. The lowest BCUT2D eigenvalue weighted by Crippen LogP contribution is -2.52. The molecule has 3 atom stereocenters. The van der Waals surface area contributed by atoms with E-state index in [4.69, 9.17) is 11.6 Å². The number of carbonyl (C=O) groups is 1. The molecule has 2 N–H and O–H groups in total. The number of aromatic nitrogens is 1. The summed E-state index contributed by atoms with van der Waals surface area (Å²) in [6.45, 7) is 3.77. The standard InChI is InChI=1S/C21H24ClN3O2/c1-2-13-11-25(21(27)16-8-20(22)24-10-17(13)16)12-19(26)18-7-14-5-3-4-6-15(14)9-23-18/h3-6,8,10,13,18-19,23,26H,2,7,9,11-12H2,1H3/t13-,18+,19+/m1/s1. The van der Waals surface area contributed by atoms with Crippen molar-refractivity contribution in [2.75, 3.05) is 13.1 Å². The molecule has 5 nitrogen and oxygen atoms in total. The van der Waals surface area contributed by atoms with E-state index in [0.717, 1.165) is 24.9 Å². The minimum Gasteiger partial charge on any atom is -0.390 e. The van der Waals surface area contributed by atoms with Crippen LogP contribution in [0.25, 0.3) is 0 Å². The number of fused-ring (bicyclic) bond motifs is 2. The van der Waals surface area contributed by atoms with Crippen molar-refractivity contribution in [3.05, 3.63) is 63.9 Å². The molecule has 2 aromatic rings. The second-order valence-corrected chi connectivity index (χ2v) is 7.82. The van der Waals surface area contributed by atoms with Gasteiger partial charge >= 0.3 is 0 Å². The average molecular weight is 386 g/mol. The van der Waals surface area contributed by atoms with Crippen LogP contribution < -0.4 is 5.32 Å². The van der Waals surface area contributed by atoms with Gasteiger partial charge in [-0.1, -0.05) is 42.8 Å². The van der Waals surface area contributed by atoms with E-state index in [1.54, 1.807) is 17.2 Å². The molecule has 6 heteroatoms. The van der Waals surface area contributed by atoms with Crippen molar-refractivity contribution in [2.24, 2.45) is 0 Å². The Kier molecular flexibility index (Phi) is 5.17. The molecule has 0 radical (unpaired) electrons. The number of halogens is 1. The molecule has 0 unspecified atom stereocenters. The Morgan fingerprint density at radius 2 is 2.15 bits per heavy atom. The number of rotatable bonds is 4. The minimum absolute atomic E-state index is 0.0600. The molecule has 2 aliphatic heterocycles. The summed E-state index contributed by atoms with van der Waals surface area (Å²) in [5.41, 5.74) is 4.11. The zero-order chi connectivity index (χ0) is 19.0. The monoisotopic (exact) mass is 385 g/mol. The summed E-state index contributed by atoms with van der Waals surface area (Å²) in [4.78, 5) is 18.9. The van der Waals surface area contributed by atoms with Gasteiger partial charge < -0.3 is 15.3 Å². The third kappa shape index (κ3) is 3.59. The van der Waals surface area contributed by atoms with Gasteiger partial charge in [-0.2, -0.15) is 0 Å². The highest BCUT2D eigenvalue weighted by Crippen LogP contribution is 2.31. The molecule has 3 heterocycles. The van der Waals surface area contributed by atoms with Crippen LogP contribution in [0.5, 0.6) is 0 Å². The first kappa shape index (κ1) is 18.4. The van der Waals surface area contributed by atoms with Crippen molar-refractivity contribution in [3.63, 3.8) is 0 Å². The van der Waals surface area contributed by atoms with Gasteiger partial charge in [0.2, 0.25) is 0 Å². The van der Waals surface area contributed by atoms with Crippen LogP contribution >= 0.6 is 11.6 Å². The number of aliphatic hydroxyl groups excluding tert-OH is 1. The molecule has 1 aromatic carbocycles. The quantitative estimate of drug-likeness (QED) is 0.794. The third-order valence-electron chi connectivity index (χ3n) is 5.78. The molecule has 1 amide bonds. The molecule has 2 aliphatic rings. The molecule has 0 spiro atoms. The molecule has 4 rings (SSSR count). The number of pyridine rings is 1. The number of nitrogens with one attached hydrogen (secondary N) is 1. The SMILES string of the molecule is CC[C@@H]1CN(C[C@H](O)[C@@H]2Cc3ccccc3CN2)C(=O)c2cc(Cl)ncc21. The van der Waals surface area contributed by atoms with Crippen molar-refractivity contribution < 1.29 is 9.90 Å². The Balaban J connectivity index is 1.50. The second-order valence-electron chi connectivity index (χ2n) is 7.44. The zero-order valence-corrected chi connectivity index (χ0v) is 16.1. The van der Waals surface area contributed by atoms with E-state index in [0.29, 0.717) is 23.8 Å². The fraction of sp³-hybridized carbons (Fsp3) is 0.429. The number of amides is 1. The van der Waals surface area contributed by atoms with Gasteiger partial charge in [-0.3, -0.25) is 4.79 Å². The lowest BCUT2D eigenvalue weighted by molar-refractivity contribution is 0.0484. The lowest BCUT2D eigenvalue weighted by atomic mass is 9.88. The molecular formula is C21H24ClN3O2. The maximum atomic E-state index is 13.0. The van der Waals surface area contributed by atoms with Crippen LogP contribution in [-0.2, 0) is 13.0 Å². The van der Waals surface area contributed by atoms with E-state index >= 15 is 0 Å². The minimum atomic E-state index is -0.626. The number of aliphatic hydroxyl groups is 1. The van der Waals surface area contributed by atoms with Crippen molar-refractivity contribution in [3.8, 4) is 0 Å². The van der Waals surface area contributed by atoms with Crippen LogP contribution in [0.4, 0.5) is 0 Å². The first-order valence-corrected chi connectivity index (χ1v) is 9.87. The predicted octanol–water partition coefficient (Wildman–Crippen LogP) is 2.76. The third-order valence-corrected chi connectivity index (χ3v) is 5.98. The van der Waals surface area contributed by atoms with Crippen LogP contribution in [0.15, 0.2) is 36.5 Å². The van der Waals surface area contributed by atoms with Gasteiger partial charge in [0, 0.05) is 43.4 Å². The molecule has 142 valence electrons. The predicted molar refractivity (Wildman–Crippen MR) is 105 cm³/mol. The molecule has 0 aliphatic carbocycles. The van der Waals surface area contributed by atoms with Gasteiger partial charge in [0.15, 0.2) is 0 Å². The summed E-state index contributed by atoms with van der Waals surface area (Å²) < 4.78 is 0. The number of β-amino-alcohol motifs (C(OH)–C–C–N with tert-alkyl or cyclic N) is 1. The number of hydrogen-bond acceptors (Lipinski definition) is 4. The molecule has 0 bridgehead atoms. The fourth-order valence-electron chi connectivity index (χ4n) is 4.18. The van der Waals surface area contributed by atoms with Crippen LogP contribution in [0, 0.1) is 0 Å². The smallest absolute Gasteiger partial charge is 0.254 e. The Morgan fingerprint density at radius 1 is 1.37 bits per heavy atom. The van der Waals surface area contributed by atoms with Crippen LogP contribution in [0.3, 0.4) is 0 Å². The van der Waals surface area contributed by atoms with Crippen LogP contribution in [-0.4, -0.2) is 46.1 Å². The van der Waals surface area contributed by atoms with Gasteiger partial charge in [-0.15, -0.1) is 0 Å². The number of benzene rings is 1. The van der Waals surface area contributed by atoms with Crippen molar-refractivity contribution in [1.82, 2.24) is 15.2 Å². The Hall–Kier alpha value is -1.95. The van der Waals surface area contributed by atoms with Crippen LogP contribution in [0.1, 0.15) is 46.3 Å². The number of nitrogens with zero attached hydrogens (tertiary/aromatic N) is 2. The molecule has 0 saturated carbocycles. The summed E-state index contributed by atoms with van der Waals surface area (Å²) in [6.07, 6.45) is 2.77. The Morgan fingerprint density at radius 3 is 2.93 bits per heavy atom. The average Bonchev–Trinajstić information content (AvgIpc) is 2.69. The van der Waals surface area contributed by atoms with Gasteiger partial charge in [-0.05, 0) is 35.6 Å². The molecule has 27 heavy (non-hydrogen) atoms. The van der Waals surface area contributed by atoms with E-state index in [9.17, 15) is 9.90 Å². The highest BCUT2D eigenvalue weighted by molar-refractivity contribution is 6.29. The summed E-state index contributed by atoms with van der Waals surface area (Å²) in [5, 5.41) is 14.6. The second kappa shape index (κ2) is 7.58. The largest absolute Gasteiger partial charge is 0.390 e. The summed E-state index contributed by atoms with van der Waals surface area (Å²) >= 11 is 6.01. The van der Waals surface area contributed by atoms with Crippen molar-refractivity contribution in [1.29, 1.82) is 0 Å². The summed E-state index contributed by atoms with van der Waals surface area (Å²) in [5.74, 6) is 0.143. The molecule has 1 aromatic heterocycles. The van der Waals surface area contributed by atoms with E-state index in [1.165, 1.54) is 11.1 Å². The maximum absolute atomic E-state index is 13.0. The molecular weight excluding hydrogens is 362 g/mol. The van der Waals surface area contributed by atoms with E-state index in [2.05, 4.69) is 29.4 Å².